The van der Waals surface area contributed by atoms with E-state index in [0.717, 1.165) is 6.42 Å². The smallest absolute Gasteiger partial charge is 0.242 e. The molecule has 0 fully saturated rings. The predicted molar refractivity (Wildman–Crippen MR) is 84.1 cm³/mol. The molecule has 2 N–H and O–H groups in total. The van der Waals surface area contributed by atoms with Crippen LogP contribution in [0.1, 0.15) is 27.2 Å². The molecule has 21 heavy (non-hydrogen) atoms. The highest BCUT2D eigenvalue weighted by molar-refractivity contribution is 7.89. The number of benzene rings is 1. The summed E-state index contributed by atoms with van der Waals surface area (Å²) >= 11 is 11.7. The van der Waals surface area contributed by atoms with Crippen LogP contribution >= 0.6 is 23.2 Å². The zero-order valence-corrected chi connectivity index (χ0v) is 14.3. The molecule has 0 aliphatic heterocycles. The molecule has 0 aliphatic rings. The standard InChI is InChI=1S/C13H18Cl2N2O3S/c1-4-8(2)16-13(18)9(3)17-21(19,20)12-7-10(14)5-6-11(12)15/h5-9,17H,4H2,1-3H3,(H,16,18). The van der Waals surface area contributed by atoms with Crippen LogP contribution in [-0.2, 0) is 14.8 Å². The van der Waals surface area contributed by atoms with Crippen molar-refractivity contribution in [1.82, 2.24) is 10.0 Å². The van der Waals surface area contributed by atoms with Gasteiger partial charge in [0, 0.05) is 11.1 Å². The van der Waals surface area contributed by atoms with E-state index < -0.39 is 22.0 Å². The van der Waals surface area contributed by atoms with Crippen molar-refractivity contribution in [2.24, 2.45) is 0 Å². The Balaban J connectivity index is 2.90. The van der Waals surface area contributed by atoms with Gasteiger partial charge in [-0.1, -0.05) is 30.1 Å². The van der Waals surface area contributed by atoms with Gasteiger partial charge in [0.1, 0.15) is 4.90 Å². The quantitative estimate of drug-likeness (QED) is 0.825. The number of carbonyl (C=O) groups excluding carboxylic acids is 1. The molecule has 2 atom stereocenters. The molecule has 0 heterocycles. The number of rotatable bonds is 6. The first-order valence-electron chi connectivity index (χ1n) is 6.45. The third-order valence-electron chi connectivity index (χ3n) is 2.91. The summed E-state index contributed by atoms with van der Waals surface area (Å²) in [7, 11) is -3.93. The molecule has 0 saturated heterocycles. The van der Waals surface area contributed by atoms with Gasteiger partial charge in [-0.05, 0) is 38.5 Å². The number of hydrogen-bond acceptors (Lipinski definition) is 3. The van der Waals surface area contributed by atoms with E-state index in [4.69, 9.17) is 23.2 Å². The Morgan fingerprint density at radius 3 is 2.48 bits per heavy atom. The summed E-state index contributed by atoms with van der Waals surface area (Å²) in [5.74, 6) is -0.397. The largest absolute Gasteiger partial charge is 0.352 e. The Hall–Kier alpha value is -0.820. The highest BCUT2D eigenvalue weighted by Crippen LogP contribution is 2.24. The number of sulfonamides is 1. The monoisotopic (exact) mass is 352 g/mol. The zero-order chi connectivity index (χ0) is 16.2. The molecule has 0 saturated carbocycles. The third kappa shape index (κ3) is 5.14. The predicted octanol–water partition coefficient (Wildman–Crippen LogP) is 2.57. The zero-order valence-electron chi connectivity index (χ0n) is 12.0. The topological polar surface area (TPSA) is 75.3 Å². The SMILES string of the molecule is CCC(C)NC(=O)C(C)NS(=O)(=O)c1cc(Cl)ccc1Cl. The fourth-order valence-electron chi connectivity index (χ4n) is 1.50. The van der Waals surface area contributed by atoms with E-state index in [9.17, 15) is 13.2 Å². The van der Waals surface area contributed by atoms with E-state index in [1.807, 2.05) is 13.8 Å². The van der Waals surface area contributed by atoms with Gasteiger partial charge in [0.05, 0.1) is 11.1 Å². The average molecular weight is 353 g/mol. The second-order valence-corrected chi connectivity index (χ2v) is 7.26. The van der Waals surface area contributed by atoms with Crippen LogP contribution in [0.3, 0.4) is 0 Å². The highest BCUT2D eigenvalue weighted by Gasteiger charge is 2.24. The molecule has 1 amide bonds. The number of amides is 1. The lowest BCUT2D eigenvalue weighted by Crippen LogP contribution is -2.47. The first-order chi connectivity index (χ1) is 9.67. The van der Waals surface area contributed by atoms with Crippen molar-refractivity contribution >= 4 is 39.1 Å². The van der Waals surface area contributed by atoms with E-state index in [1.165, 1.54) is 25.1 Å². The summed E-state index contributed by atoms with van der Waals surface area (Å²) in [6.45, 7) is 5.23. The van der Waals surface area contributed by atoms with Crippen LogP contribution in [0.2, 0.25) is 10.0 Å². The Labute approximate surface area is 135 Å². The van der Waals surface area contributed by atoms with Crippen molar-refractivity contribution in [2.75, 3.05) is 0 Å². The summed E-state index contributed by atoms with van der Waals surface area (Å²) in [4.78, 5) is 11.7. The van der Waals surface area contributed by atoms with Crippen LogP contribution in [0.15, 0.2) is 23.1 Å². The molecule has 0 radical (unpaired) electrons. The van der Waals surface area contributed by atoms with Gasteiger partial charge in [-0.25, -0.2) is 8.42 Å². The average Bonchev–Trinajstić information content (AvgIpc) is 2.40. The minimum Gasteiger partial charge on any atom is -0.352 e. The van der Waals surface area contributed by atoms with Gasteiger partial charge in [0.25, 0.3) is 0 Å². The molecule has 0 spiro atoms. The van der Waals surface area contributed by atoms with E-state index in [1.54, 1.807) is 0 Å². The van der Waals surface area contributed by atoms with Crippen molar-refractivity contribution in [3.63, 3.8) is 0 Å². The lowest BCUT2D eigenvalue weighted by atomic mass is 10.2. The molecular formula is C13H18Cl2N2O3S. The van der Waals surface area contributed by atoms with Crippen LogP contribution in [0.4, 0.5) is 0 Å². The maximum absolute atomic E-state index is 12.2. The third-order valence-corrected chi connectivity index (χ3v) is 5.17. The minimum atomic E-state index is -3.93. The molecule has 8 heteroatoms. The van der Waals surface area contributed by atoms with Crippen molar-refractivity contribution < 1.29 is 13.2 Å². The molecule has 5 nitrogen and oxygen atoms in total. The molecule has 0 aliphatic carbocycles. The van der Waals surface area contributed by atoms with E-state index in [0.29, 0.717) is 0 Å². The number of halogens is 2. The second kappa shape index (κ2) is 7.45. The molecule has 118 valence electrons. The first-order valence-corrected chi connectivity index (χ1v) is 8.69. The van der Waals surface area contributed by atoms with E-state index >= 15 is 0 Å². The normalized spacial score (nSPS) is 14.5. The van der Waals surface area contributed by atoms with Gasteiger partial charge in [0.15, 0.2) is 0 Å². The number of nitrogens with one attached hydrogen (secondary N) is 2. The molecular weight excluding hydrogens is 335 g/mol. The van der Waals surface area contributed by atoms with Crippen molar-refractivity contribution in [3.05, 3.63) is 28.2 Å². The van der Waals surface area contributed by atoms with E-state index in [2.05, 4.69) is 10.0 Å². The highest BCUT2D eigenvalue weighted by atomic mass is 35.5. The maximum atomic E-state index is 12.2. The molecule has 2 unspecified atom stereocenters. The Bertz CT molecular complexity index is 620. The fourth-order valence-corrected chi connectivity index (χ4v) is 3.47. The Kier molecular flexibility index (Phi) is 6.46. The fraction of sp³-hybridized carbons (Fsp3) is 0.462. The number of hydrogen-bond donors (Lipinski definition) is 2. The molecule has 1 aromatic carbocycles. The van der Waals surface area contributed by atoms with Crippen LogP contribution < -0.4 is 10.0 Å². The minimum absolute atomic E-state index is 0.0285. The summed E-state index contributed by atoms with van der Waals surface area (Å²) < 4.78 is 26.8. The Morgan fingerprint density at radius 1 is 1.29 bits per heavy atom. The molecule has 1 rings (SSSR count). The van der Waals surface area contributed by atoms with Crippen LogP contribution in [0.25, 0.3) is 0 Å². The molecule has 1 aromatic rings. The van der Waals surface area contributed by atoms with Gasteiger partial charge in [-0.3, -0.25) is 4.79 Å². The first kappa shape index (κ1) is 18.2. The van der Waals surface area contributed by atoms with Crippen LogP contribution in [0, 0.1) is 0 Å². The molecule has 0 aromatic heterocycles. The van der Waals surface area contributed by atoms with Gasteiger partial charge in [-0.2, -0.15) is 4.72 Å². The maximum Gasteiger partial charge on any atom is 0.242 e. The Morgan fingerprint density at radius 2 is 1.90 bits per heavy atom. The lowest BCUT2D eigenvalue weighted by molar-refractivity contribution is -0.122. The summed E-state index contributed by atoms with van der Waals surface area (Å²) in [5.41, 5.74) is 0. The van der Waals surface area contributed by atoms with Crippen molar-refractivity contribution in [3.8, 4) is 0 Å². The van der Waals surface area contributed by atoms with Gasteiger partial charge in [-0.15, -0.1) is 0 Å². The summed E-state index contributed by atoms with van der Waals surface area (Å²) in [5, 5.41) is 2.99. The van der Waals surface area contributed by atoms with Crippen LogP contribution in [0.5, 0.6) is 0 Å². The summed E-state index contributed by atoms with van der Waals surface area (Å²) in [6.07, 6.45) is 0.755. The van der Waals surface area contributed by atoms with Gasteiger partial charge in [0.2, 0.25) is 15.9 Å². The van der Waals surface area contributed by atoms with Gasteiger partial charge >= 0.3 is 0 Å². The molecule has 0 bridgehead atoms. The lowest BCUT2D eigenvalue weighted by Gasteiger charge is -2.18. The second-order valence-electron chi connectivity index (χ2n) is 4.74. The van der Waals surface area contributed by atoms with E-state index in [-0.39, 0.29) is 21.0 Å². The number of carbonyl (C=O) groups is 1. The van der Waals surface area contributed by atoms with Crippen molar-refractivity contribution in [1.29, 1.82) is 0 Å². The van der Waals surface area contributed by atoms with Crippen LogP contribution in [-0.4, -0.2) is 26.4 Å². The summed E-state index contributed by atoms with van der Waals surface area (Å²) in [6, 6.07) is 3.17. The van der Waals surface area contributed by atoms with Crippen molar-refractivity contribution in [2.45, 2.75) is 44.2 Å². The van der Waals surface area contributed by atoms with Gasteiger partial charge < -0.3 is 5.32 Å².